The first-order valence-corrected chi connectivity index (χ1v) is 12.1. The molecule has 0 saturated heterocycles. The molecule has 0 radical (unpaired) electrons. The first-order chi connectivity index (χ1) is 16.2. The summed E-state index contributed by atoms with van der Waals surface area (Å²) in [6, 6.07) is 4.54. The van der Waals surface area contributed by atoms with E-state index in [1.54, 1.807) is 18.6 Å². The molecule has 0 saturated carbocycles. The molecule has 0 aliphatic heterocycles. The minimum Gasteiger partial charge on any atom is -0.383 e. The summed E-state index contributed by atoms with van der Waals surface area (Å²) in [5.74, 6) is 0. The van der Waals surface area contributed by atoms with Gasteiger partial charge in [-0.15, -0.1) is 0 Å². The van der Waals surface area contributed by atoms with Crippen LogP contribution in [0, 0.1) is 13.8 Å². The number of hydrogen-bond acceptors (Lipinski definition) is 5. The van der Waals surface area contributed by atoms with Crippen molar-refractivity contribution in [2.75, 3.05) is 13.7 Å². The van der Waals surface area contributed by atoms with E-state index >= 15 is 0 Å². The van der Waals surface area contributed by atoms with Gasteiger partial charge in [0, 0.05) is 24.9 Å². The number of nitrogens with zero attached hydrogens (tertiary/aromatic N) is 5. The van der Waals surface area contributed by atoms with Crippen molar-refractivity contribution in [2.45, 2.75) is 73.4 Å². The van der Waals surface area contributed by atoms with Gasteiger partial charge in [-0.2, -0.15) is 0 Å². The van der Waals surface area contributed by atoms with E-state index in [1.165, 1.54) is 5.56 Å². The van der Waals surface area contributed by atoms with Crippen LogP contribution in [0.15, 0.2) is 23.1 Å². The molecule has 0 spiro atoms. The van der Waals surface area contributed by atoms with Gasteiger partial charge in [0.05, 0.1) is 35.1 Å². The minimum absolute atomic E-state index is 0.00284. The van der Waals surface area contributed by atoms with E-state index in [0.29, 0.717) is 17.9 Å². The molecule has 4 aromatic rings. The Labute approximate surface area is 200 Å². The lowest BCUT2D eigenvalue weighted by molar-refractivity contribution is 0.164. The quantitative estimate of drug-likeness (QED) is 0.371. The van der Waals surface area contributed by atoms with Crippen molar-refractivity contribution >= 4 is 22.2 Å². The van der Waals surface area contributed by atoms with Crippen LogP contribution in [0.2, 0.25) is 0 Å². The van der Waals surface area contributed by atoms with Gasteiger partial charge in [0.1, 0.15) is 11.2 Å². The fourth-order valence-corrected chi connectivity index (χ4v) is 4.80. The van der Waals surface area contributed by atoms with Crippen LogP contribution in [0.25, 0.3) is 33.5 Å². The van der Waals surface area contributed by atoms with E-state index in [1.807, 2.05) is 13.8 Å². The molecule has 0 aromatic carbocycles. The second-order valence-electron chi connectivity index (χ2n) is 9.39. The largest absolute Gasteiger partial charge is 0.383 e. The molecule has 4 aromatic heterocycles. The second-order valence-corrected chi connectivity index (χ2v) is 9.39. The van der Waals surface area contributed by atoms with Crippen LogP contribution < -0.4 is 5.56 Å². The van der Waals surface area contributed by atoms with Crippen molar-refractivity contribution in [3.8, 4) is 11.3 Å². The number of ether oxygens (including phenoxy) is 1. The van der Waals surface area contributed by atoms with Gasteiger partial charge in [0.25, 0.3) is 5.56 Å². The number of hydrogen-bond donors (Lipinski definition) is 0. The average Bonchev–Trinajstić information content (AvgIpc) is 3.13. The van der Waals surface area contributed by atoms with Crippen LogP contribution in [0.4, 0.5) is 0 Å². The molecule has 0 aliphatic carbocycles. The highest BCUT2D eigenvalue weighted by molar-refractivity contribution is 5.87. The van der Waals surface area contributed by atoms with Gasteiger partial charge < -0.3 is 9.30 Å². The van der Waals surface area contributed by atoms with Crippen LogP contribution in [-0.2, 0) is 17.6 Å². The number of methoxy groups -OCH3 is 1. The fraction of sp³-hybridized carbons (Fsp3) is 0.481. The Morgan fingerprint density at radius 2 is 1.76 bits per heavy atom. The molecule has 7 nitrogen and oxygen atoms in total. The summed E-state index contributed by atoms with van der Waals surface area (Å²) in [4.78, 5) is 27.6. The van der Waals surface area contributed by atoms with Gasteiger partial charge in [-0.3, -0.25) is 9.36 Å². The highest BCUT2D eigenvalue weighted by Crippen LogP contribution is 2.33. The molecule has 0 bridgehead atoms. The van der Waals surface area contributed by atoms with Crippen LogP contribution in [0.3, 0.4) is 0 Å². The summed E-state index contributed by atoms with van der Waals surface area (Å²) in [6.07, 6.45) is 3.75. The Morgan fingerprint density at radius 1 is 1.03 bits per heavy atom. The number of fused-ring (bicyclic) bond motifs is 2. The van der Waals surface area contributed by atoms with E-state index in [2.05, 4.69) is 55.6 Å². The molecule has 0 fully saturated rings. The molecule has 0 unspecified atom stereocenters. The Balaban J connectivity index is 2.02. The molecular weight excluding hydrogens is 426 g/mol. The second kappa shape index (κ2) is 9.29. The number of pyridine rings is 2. The summed E-state index contributed by atoms with van der Waals surface area (Å²) < 4.78 is 9.41. The smallest absolute Gasteiger partial charge is 0.273 e. The zero-order valence-corrected chi connectivity index (χ0v) is 21.6. The zero-order chi connectivity index (χ0) is 24.7. The Kier molecular flexibility index (Phi) is 6.58. The van der Waals surface area contributed by atoms with Crippen LogP contribution in [0.5, 0.6) is 0 Å². The molecule has 180 valence electrons. The highest BCUT2D eigenvalue weighted by Gasteiger charge is 2.20. The van der Waals surface area contributed by atoms with Crippen LogP contribution in [-0.4, -0.2) is 37.8 Å². The number of aryl methyl sites for hydroxylation is 4. The fourth-order valence-electron chi connectivity index (χ4n) is 4.80. The first kappa shape index (κ1) is 24.1. The number of aromatic nitrogens is 5. The topological polar surface area (TPSA) is 74.8 Å². The third-order valence-corrected chi connectivity index (χ3v) is 6.54. The van der Waals surface area contributed by atoms with E-state index in [4.69, 9.17) is 14.7 Å². The lowest BCUT2D eigenvalue weighted by Crippen LogP contribution is -2.26. The molecule has 0 amide bonds. The molecule has 34 heavy (non-hydrogen) atoms. The van der Waals surface area contributed by atoms with E-state index in [0.717, 1.165) is 51.9 Å². The lowest BCUT2D eigenvalue weighted by atomic mass is 10.00. The molecule has 7 heteroatoms. The average molecular weight is 462 g/mol. The zero-order valence-electron chi connectivity index (χ0n) is 21.6. The maximum atomic E-state index is 12.8. The van der Waals surface area contributed by atoms with Gasteiger partial charge in [0.2, 0.25) is 0 Å². The first-order valence-electron chi connectivity index (χ1n) is 12.1. The predicted molar refractivity (Wildman–Crippen MR) is 138 cm³/mol. The summed E-state index contributed by atoms with van der Waals surface area (Å²) in [5.41, 5.74) is 9.06. The summed E-state index contributed by atoms with van der Waals surface area (Å²) >= 11 is 0. The van der Waals surface area contributed by atoms with E-state index in [-0.39, 0.29) is 17.6 Å². The third kappa shape index (κ3) is 3.92. The van der Waals surface area contributed by atoms with Crippen molar-refractivity contribution in [3.05, 3.63) is 51.2 Å². The molecule has 4 rings (SSSR count). The maximum absolute atomic E-state index is 12.8. The van der Waals surface area contributed by atoms with Gasteiger partial charge >= 0.3 is 0 Å². The lowest BCUT2D eigenvalue weighted by Gasteiger charge is -2.18. The van der Waals surface area contributed by atoms with E-state index in [9.17, 15) is 4.79 Å². The Bertz CT molecular complexity index is 1430. The Morgan fingerprint density at radius 3 is 2.38 bits per heavy atom. The summed E-state index contributed by atoms with van der Waals surface area (Å²) in [6.45, 7) is 14.9. The normalized spacial score (nSPS) is 12.9. The van der Waals surface area contributed by atoms with Crippen molar-refractivity contribution in [2.24, 2.45) is 0 Å². The van der Waals surface area contributed by atoms with Gasteiger partial charge in [-0.1, -0.05) is 13.8 Å². The predicted octanol–water partition coefficient (Wildman–Crippen LogP) is 5.34. The van der Waals surface area contributed by atoms with Crippen LogP contribution >= 0.6 is 0 Å². The van der Waals surface area contributed by atoms with E-state index < -0.39 is 0 Å². The summed E-state index contributed by atoms with van der Waals surface area (Å²) in [5, 5.41) is 0. The third-order valence-electron chi connectivity index (χ3n) is 6.54. The molecule has 0 N–H and O–H groups in total. The van der Waals surface area contributed by atoms with Gasteiger partial charge in [0.15, 0.2) is 5.65 Å². The van der Waals surface area contributed by atoms with Crippen molar-refractivity contribution in [1.29, 1.82) is 0 Å². The molecular formula is C27H35N5O2. The van der Waals surface area contributed by atoms with Gasteiger partial charge in [-0.05, 0) is 70.7 Å². The van der Waals surface area contributed by atoms with Crippen molar-refractivity contribution < 1.29 is 4.74 Å². The van der Waals surface area contributed by atoms with Crippen molar-refractivity contribution in [3.63, 3.8) is 0 Å². The highest BCUT2D eigenvalue weighted by atomic mass is 16.5. The van der Waals surface area contributed by atoms with Crippen LogP contribution in [0.1, 0.15) is 69.2 Å². The monoisotopic (exact) mass is 461 g/mol. The molecule has 0 aliphatic rings. The SMILES string of the molecule is CCc1cc2c(nc1-c1cc3nc(C)c(=O)n(C(C)C)c3nc1CC)c(C)cn2[C@@H](C)COC. The molecule has 1 atom stereocenters. The number of rotatable bonds is 7. The van der Waals surface area contributed by atoms with Gasteiger partial charge in [-0.25, -0.2) is 15.0 Å². The Hall–Kier alpha value is -3.06. The summed E-state index contributed by atoms with van der Waals surface area (Å²) in [7, 11) is 1.73. The minimum atomic E-state index is -0.0826. The van der Waals surface area contributed by atoms with Crippen molar-refractivity contribution in [1.82, 2.24) is 24.1 Å². The standard InChI is InChI=1S/C27H35N5O2/c1-9-19-11-23-24(16(5)13-31(23)17(6)14-34-8)30-25(19)20-12-22-26(29-21(20)10-2)32(15(3)4)27(33)18(7)28-22/h11-13,15,17H,9-10,14H2,1-8H3/t17-/m0/s1. The molecule has 4 heterocycles. The maximum Gasteiger partial charge on any atom is 0.273 e.